The van der Waals surface area contributed by atoms with Gasteiger partial charge in [0.05, 0.1) is 15.8 Å². The predicted molar refractivity (Wildman–Crippen MR) is 101 cm³/mol. The van der Waals surface area contributed by atoms with E-state index in [0.717, 1.165) is 53.3 Å². The Morgan fingerprint density at radius 2 is 2.04 bits per heavy atom. The number of amides is 1. The summed E-state index contributed by atoms with van der Waals surface area (Å²) >= 11 is 1.13. The number of aromatic amines is 1. The molecular formula is C18H18N4O2S. The molecule has 0 atom stereocenters. The van der Waals surface area contributed by atoms with E-state index in [4.69, 9.17) is 0 Å². The standard InChI is InChI=1S/C18H18N4O2S/c23-17(20-12-6-7-14-15(11-12)25-18(24)21-14)13-5-4-8-19-16(13)22-9-2-1-3-10-22/h4-8,11H,1-3,9-10H2,(H,20,23)(H,21,24). The molecule has 3 aromatic rings. The molecule has 128 valence electrons. The molecule has 1 aliphatic heterocycles. The van der Waals surface area contributed by atoms with Crippen LogP contribution in [0.3, 0.4) is 0 Å². The smallest absolute Gasteiger partial charge is 0.305 e. The van der Waals surface area contributed by atoms with Crippen molar-refractivity contribution in [3.8, 4) is 0 Å². The highest BCUT2D eigenvalue weighted by molar-refractivity contribution is 7.16. The third-order valence-electron chi connectivity index (χ3n) is 4.37. The number of H-pyrrole nitrogens is 1. The first kappa shape index (κ1) is 15.8. The van der Waals surface area contributed by atoms with E-state index in [1.807, 2.05) is 6.07 Å². The lowest BCUT2D eigenvalue weighted by atomic mass is 10.1. The van der Waals surface area contributed by atoms with Crippen LogP contribution in [0.4, 0.5) is 11.5 Å². The van der Waals surface area contributed by atoms with E-state index in [0.29, 0.717) is 11.3 Å². The zero-order chi connectivity index (χ0) is 17.2. The van der Waals surface area contributed by atoms with Crippen LogP contribution < -0.4 is 15.1 Å². The Balaban J connectivity index is 1.60. The minimum absolute atomic E-state index is 0.0990. The summed E-state index contributed by atoms with van der Waals surface area (Å²) in [4.78, 5) is 33.5. The van der Waals surface area contributed by atoms with E-state index in [-0.39, 0.29) is 10.8 Å². The second-order valence-corrected chi connectivity index (χ2v) is 7.12. The Morgan fingerprint density at radius 3 is 2.88 bits per heavy atom. The maximum atomic E-state index is 12.8. The number of thiazole rings is 1. The summed E-state index contributed by atoms with van der Waals surface area (Å²) in [7, 11) is 0. The van der Waals surface area contributed by atoms with Crippen molar-refractivity contribution < 1.29 is 4.79 Å². The number of nitrogens with zero attached hydrogens (tertiary/aromatic N) is 2. The van der Waals surface area contributed by atoms with Crippen LogP contribution in [0.15, 0.2) is 41.3 Å². The molecule has 1 amide bonds. The maximum Gasteiger partial charge on any atom is 0.305 e. The lowest BCUT2D eigenvalue weighted by molar-refractivity contribution is 0.102. The summed E-state index contributed by atoms with van der Waals surface area (Å²) in [5.41, 5.74) is 2.02. The van der Waals surface area contributed by atoms with Crippen LogP contribution in [0.25, 0.3) is 10.2 Å². The minimum Gasteiger partial charge on any atom is -0.356 e. The summed E-state index contributed by atoms with van der Waals surface area (Å²) in [5.74, 6) is 0.558. The van der Waals surface area contributed by atoms with E-state index in [1.54, 1.807) is 30.5 Å². The Hall–Kier alpha value is -2.67. The molecule has 4 rings (SSSR count). The quantitative estimate of drug-likeness (QED) is 0.757. The van der Waals surface area contributed by atoms with Gasteiger partial charge in [-0.3, -0.25) is 9.59 Å². The van der Waals surface area contributed by atoms with Gasteiger partial charge in [0.2, 0.25) is 0 Å². The summed E-state index contributed by atoms with van der Waals surface area (Å²) in [5, 5.41) is 2.92. The zero-order valence-electron chi connectivity index (χ0n) is 13.6. The van der Waals surface area contributed by atoms with Gasteiger partial charge in [-0.25, -0.2) is 4.98 Å². The van der Waals surface area contributed by atoms with Gasteiger partial charge in [0.1, 0.15) is 5.82 Å². The van der Waals surface area contributed by atoms with E-state index in [9.17, 15) is 9.59 Å². The molecule has 0 radical (unpaired) electrons. The van der Waals surface area contributed by atoms with Crippen LogP contribution in [0.1, 0.15) is 29.6 Å². The molecule has 0 spiro atoms. The molecule has 25 heavy (non-hydrogen) atoms. The summed E-state index contributed by atoms with van der Waals surface area (Å²) < 4.78 is 0.824. The molecule has 7 heteroatoms. The van der Waals surface area contributed by atoms with Crippen molar-refractivity contribution in [1.29, 1.82) is 0 Å². The highest BCUT2D eigenvalue weighted by atomic mass is 32.1. The average molecular weight is 354 g/mol. The number of fused-ring (bicyclic) bond motifs is 1. The SMILES string of the molecule is O=C(Nc1ccc2[nH]c(=O)sc2c1)c1cccnc1N1CCCCC1. The highest BCUT2D eigenvalue weighted by Crippen LogP contribution is 2.24. The first-order chi connectivity index (χ1) is 12.2. The van der Waals surface area contributed by atoms with Gasteiger partial charge < -0.3 is 15.2 Å². The maximum absolute atomic E-state index is 12.8. The third-order valence-corrected chi connectivity index (χ3v) is 5.21. The molecule has 0 saturated carbocycles. The number of nitrogens with one attached hydrogen (secondary N) is 2. The molecule has 1 aromatic carbocycles. The molecule has 3 heterocycles. The number of carbonyl (C=O) groups is 1. The largest absolute Gasteiger partial charge is 0.356 e. The highest BCUT2D eigenvalue weighted by Gasteiger charge is 2.19. The summed E-state index contributed by atoms with van der Waals surface area (Å²) in [6, 6.07) is 8.99. The number of hydrogen-bond acceptors (Lipinski definition) is 5. The van der Waals surface area contributed by atoms with Crippen molar-refractivity contribution >= 4 is 39.0 Å². The summed E-state index contributed by atoms with van der Waals surface area (Å²) in [6.45, 7) is 1.86. The van der Waals surface area contributed by atoms with Crippen LogP contribution in [0.5, 0.6) is 0 Å². The zero-order valence-corrected chi connectivity index (χ0v) is 14.4. The van der Waals surface area contributed by atoms with Gasteiger partial charge in [-0.05, 0) is 49.6 Å². The van der Waals surface area contributed by atoms with Crippen molar-refractivity contribution in [2.24, 2.45) is 0 Å². The van der Waals surface area contributed by atoms with Crippen LogP contribution in [-0.4, -0.2) is 29.0 Å². The van der Waals surface area contributed by atoms with Crippen LogP contribution in [0, 0.1) is 0 Å². The molecule has 2 N–H and O–H groups in total. The van der Waals surface area contributed by atoms with Crippen LogP contribution >= 0.6 is 11.3 Å². The first-order valence-corrected chi connectivity index (χ1v) is 9.16. The number of pyridine rings is 1. The monoisotopic (exact) mass is 354 g/mol. The van der Waals surface area contributed by atoms with Gasteiger partial charge in [0.15, 0.2) is 0 Å². The van der Waals surface area contributed by atoms with Crippen molar-refractivity contribution in [3.63, 3.8) is 0 Å². The molecule has 0 aliphatic carbocycles. The number of aromatic nitrogens is 2. The lowest BCUT2D eigenvalue weighted by Gasteiger charge is -2.29. The van der Waals surface area contributed by atoms with Crippen LogP contribution in [-0.2, 0) is 0 Å². The number of piperidine rings is 1. The predicted octanol–water partition coefficient (Wildman–Crippen LogP) is 3.23. The molecular weight excluding hydrogens is 336 g/mol. The number of rotatable bonds is 3. The number of benzene rings is 1. The third kappa shape index (κ3) is 3.28. The van der Waals surface area contributed by atoms with Gasteiger partial charge >= 0.3 is 4.87 Å². The van der Waals surface area contributed by atoms with Gasteiger partial charge in [-0.2, -0.15) is 0 Å². The second kappa shape index (κ2) is 6.68. The normalized spacial score (nSPS) is 14.6. The van der Waals surface area contributed by atoms with Gasteiger partial charge in [0, 0.05) is 25.0 Å². The molecule has 6 nitrogen and oxygen atoms in total. The average Bonchev–Trinajstić information content (AvgIpc) is 3.02. The minimum atomic E-state index is -0.184. The van der Waals surface area contributed by atoms with E-state index >= 15 is 0 Å². The van der Waals surface area contributed by atoms with Crippen molar-refractivity contribution in [2.75, 3.05) is 23.3 Å². The topological polar surface area (TPSA) is 78.1 Å². The Kier molecular flexibility index (Phi) is 4.23. The Labute approximate surface area is 148 Å². The first-order valence-electron chi connectivity index (χ1n) is 8.35. The van der Waals surface area contributed by atoms with Crippen molar-refractivity contribution in [2.45, 2.75) is 19.3 Å². The van der Waals surface area contributed by atoms with Crippen molar-refractivity contribution in [3.05, 3.63) is 51.8 Å². The molecule has 1 saturated heterocycles. The molecule has 0 bridgehead atoms. The number of anilines is 2. The van der Waals surface area contributed by atoms with Crippen molar-refractivity contribution in [1.82, 2.24) is 9.97 Å². The molecule has 1 aliphatic rings. The molecule has 0 unspecified atom stereocenters. The number of hydrogen-bond donors (Lipinski definition) is 2. The van der Waals surface area contributed by atoms with E-state index in [2.05, 4.69) is 20.2 Å². The summed E-state index contributed by atoms with van der Waals surface area (Å²) in [6.07, 6.45) is 5.20. The van der Waals surface area contributed by atoms with Gasteiger partial charge in [-0.15, -0.1) is 0 Å². The van der Waals surface area contributed by atoms with E-state index < -0.39 is 0 Å². The van der Waals surface area contributed by atoms with E-state index in [1.165, 1.54) is 6.42 Å². The Bertz CT molecular complexity index is 972. The van der Waals surface area contributed by atoms with Gasteiger partial charge in [0.25, 0.3) is 5.91 Å². The fourth-order valence-corrected chi connectivity index (χ4v) is 3.93. The fraction of sp³-hybridized carbons (Fsp3) is 0.278. The molecule has 1 fully saturated rings. The van der Waals surface area contributed by atoms with Gasteiger partial charge in [-0.1, -0.05) is 11.3 Å². The molecule has 2 aromatic heterocycles. The fourth-order valence-electron chi connectivity index (χ4n) is 3.15. The van der Waals surface area contributed by atoms with Crippen LogP contribution in [0.2, 0.25) is 0 Å². The second-order valence-electron chi connectivity index (χ2n) is 6.10. The number of carbonyl (C=O) groups excluding carboxylic acids is 1. The Morgan fingerprint density at radius 1 is 1.20 bits per heavy atom. The lowest BCUT2D eigenvalue weighted by Crippen LogP contribution is -2.32.